The van der Waals surface area contributed by atoms with Gasteiger partial charge in [0.2, 0.25) is 0 Å². The monoisotopic (exact) mass is 229 g/mol. The van der Waals surface area contributed by atoms with Crippen LogP contribution < -0.4 is 10.1 Å². The number of benzene rings is 1. The van der Waals surface area contributed by atoms with Gasteiger partial charge in [0.25, 0.3) is 0 Å². The predicted molar refractivity (Wildman–Crippen MR) is 59.8 cm³/mol. The zero-order chi connectivity index (χ0) is 12.1. The molecule has 0 saturated heterocycles. The maximum absolute atomic E-state index is 13.5. The third kappa shape index (κ3) is 3.45. The van der Waals surface area contributed by atoms with Crippen LogP contribution in [0.25, 0.3) is 0 Å². The smallest absolute Gasteiger partial charge is 0.168 e. The van der Waals surface area contributed by atoms with E-state index in [-0.39, 0.29) is 11.9 Å². The standard InChI is InChI=1S/C12H17F2NO/c1-8(2)16-12-9(4-5-15-3)6-10(13)7-11(12)14/h6-8,15H,4-5H2,1-3H3. The van der Waals surface area contributed by atoms with Crippen molar-refractivity contribution in [2.75, 3.05) is 13.6 Å². The number of hydrogen-bond donors (Lipinski definition) is 1. The van der Waals surface area contributed by atoms with Crippen LogP contribution in [0.1, 0.15) is 19.4 Å². The van der Waals surface area contributed by atoms with Crippen LogP contribution in [0.5, 0.6) is 5.75 Å². The number of halogens is 2. The SMILES string of the molecule is CNCCc1cc(F)cc(F)c1OC(C)C. The van der Waals surface area contributed by atoms with Crippen molar-refractivity contribution >= 4 is 0 Å². The molecule has 0 bridgehead atoms. The van der Waals surface area contributed by atoms with Gasteiger partial charge in [-0.25, -0.2) is 8.78 Å². The number of hydrogen-bond acceptors (Lipinski definition) is 2. The molecule has 0 atom stereocenters. The average Bonchev–Trinajstić information content (AvgIpc) is 2.19. The lowest BCUT2D eigenvalue weighted by Crippen LogP contribution is -2.14. The van der Waals surface area contributed by atoms with E-state index in [1.54, 1.807) is 7.05 Å². The number of likely N-dealkylation sites (N-methyl/N-ethyl adjacent to an activating group) is 1. The minimum Gasteiger partial charge on any atom is -0.488 e. The molecule has 0 radical (unpaired) electrons. The molecule has 0 amide bonds. The Morgan fingerprint density at radius 3 is 2.56 bits per heavy atom. The van der Waals surface area contributed by atoms with Crippen LogP contribution in [-0.4, -0.2) is 19.7 Å². The van der Waals surface area contributed by atoms with Crippen LogP contribution >= 0.6 is 0 Å². The molecule has 16 heavy (non-hydrogen) atoms. The van der Waals surface area contributed by atoms with E-state index in [9.17, 15) is 8.78 Å². The Hall–Kier alpha value is -1.16. The minimum atomic E-state index is -0.639. The van der Waals surface area contributed by atoms with Crippen molar-refractivity contribution in [2.45, 2.75) is 26.4 Å². The molecule has 0 fully saturated rings. The fourth-order valence-corrected chi connectivity index (χ4v) is 1.43. The van der Waals surface area contributed by atoms with Crippen LogP contribution in [0, 0.1) is 11.6 Å². The van der Waals surface area contributed by atoms with Crippen molar-refractivity contribution < 1.29 is 13.5 Å². The van der Waals surface area contributed by atoms with Crippen molar-refractivity contribution in [2.24, 2.45) is 0 Å². The molecule has 0 aliphatic carbocycles. The summed E-state index contributed by atoms with van der Waals surface area (Å²) in [4.78, 5) is 0. The second kappa shape index (κ2) is 5.80. The van der Waals surface area contributed by atoms with Crippen molar-refractivity contribution in [3.05, 3.63) is 29.3 Å². The Labute approximate surface area is 94.6 Å². The second-order valence-corrected chi connectivity index (χ2v) is 3.90. The summed E-state index contributed by atoms with van der Waals surface area (Å²) in [5.74, 6) is -1.05. The van der Waals surface area contributed by atoms with Gasteiger partial charge < -0.3 is 10.1 Å². The van der Waals surface area contributed by atoms with Crippen molar-refractivity contribution in [1.29, 1.82) is 0 Å². The fourth-order valence-electron chi connectivity index (χ4n) is 1.43. The summed E-state index contributed by atoms with van der Waals surface area (Å²) < 4.78 is 31.9. The van der Waals surface area contributed by atoms with Gasteiger partial charge in [0.15, 0.2) is 11.6 Å². The van der Waals surface area contributed by atoms with E-state index < -0.39 is 11.6 Å². The third-order valence-corrected chi connectivity index (χ3v) is 2.08. The lowest BCUT2D eigenvalue weighted by atomic mass is 10.1. The molecule has 0 unspecified atom stereocenters. The van der Waals surface area contributed by atoms with E-state index in [0.717, 1.165) is 6.07 Å². The highest BCUT2D eigenvalue weighted by Gasteiger charge is 2.13. The van der Waals surface area contributed by atoms with Gasteiger partial charge in [0.05, 0.1) is 6.10 Å². The molecule has 0 spiro atoms. The van der Waals surface area contributed by atoms with Crippen LogP contribution in [0.3, 0.4) is 0 Å². The molecule has 1 aromatic rings. The molecule has 1 N–H and O–H groups in total. The Kier molecular flexibility index (Phi) is 4.68. The molecule has 0 aliphatic heterocycles. The lowest BCUT2D eigenvalue weighted by molar-refractivity contribution is 0.228. The average molecular weight is 229 g/mol. The molecule has 2 nitrogen and oxygen atoms in total. The molecule has 0 aromatic heterocycles. The molecule has 4 heteroatoms. The highest BCUT2D eigenvalue weighted by molar-refractivity contribution is 5.36. The maximum Gasteiger partial charge on any atom is 0.168 e. The number of nitrogens with one attached hydrogen (secondary N) is 1. The summed E-state index contributed by atoms with van der Waals surface area (Å²) in [5, 5.41) is 2.94. The van der Waals surface area contributed by atoms with Gasteiger partial charge in [-0.3, -0.25) is 0 Å². The first-order chi connectivity index (χ1) is 7.54. The maximum atomic E-state index is 13.5. The first-order valence-corrected chi connectivity index (χ1v) is 5.33. The number of rotatable bonds is 5. The summed E-state index contributed by atoms with van der Waals surface area (Å²) in [6.07, 6.45) is 0.404. The van der Waals surface area contributed by atoms with E-state index in [2.05, 4.69) is 5.32 Å². The van der Waals surface area contributed by atoms with Gasteiger partial charge in [0.1, 0.15) is 5.82 Å². The molecular formula is C12H17F2NO. The predicted octanol–water partition coefficient (Wildman–Crippen LogP) is 2.51. The van der Waals surface area contributed by atoms with Gasteiger partial charge in [-0.2, -0.15) is 0 Å². The summed E-state index contributed by atoms with van der Waals surface area (Å²) in [5.41, 5.74) is 0.556. The van der Waals surface area contributed by atoms with Gasteiger partial charge in [-0.15, -0.1) is 0 Å². The topological polar surface area (TPSA) is 21.3 Å². The largest absolute Gasteiger partial charge is 0.488 e. The normalized spacial score (nSPS) is 10.9. The summed E-state index contributed by atoms with van der Waals surface area (Å²) in [7, 11) is 1.79. The zero-order valence-corrected chi connectivity index (χ0v) is 9.81. The molecule has 0 saturated carbocycles. The molecule has 0 heterocycles. The van der Waals surface area contributed by atoms with Gasteiger partial charge in [0, 0.05) is 11.6 Å². The quantitative estimate of drug-likeness (QED) is 0.837. The summed E-state index contributed by atoms with van der Waals surface area (Å²) >= 11 is 0. The van der Waals surface area contributed by atoms with Crippen LogP contribution in [-0.2, 0) is 6.42 Å². The third-order valence-electron chi connectivity index (χ3n) is 2.08. The molecule has 90 valence electrons. The fraction of sp³-hybridized carbons (Fsp3) is 0.500. The van der Waals surface area contributed by atoms with E-state index in [1.807, 2.05) is 13.8 Å². The Morgan fingerprint density at radius 1 is 1.31 bits per heavy atom. The number of ether oxygens (including phenoxy) is 1. The van der Waals surface area contributed by atoms with Crippen LogP contribution in [0.2, 0.25) is 0 Å². The van der Waals surface area contributed by atoms with Gasteiger partial charge >= 0.3 is 0 Å². The molecule has 1 rings (SSSR count). The Morgan fingerprint density at radius 2 is 2.00 bits per heavy atom. The molecule has 1 aromatic carbocycles. The first kappa shape index (κ1) is 12.9. The Balaban J connectivity index is 3.00. The van der Waals surface area contributed by atoms with E-state index in [1.165, 1.54) is 6.07 Å². The lowest BCUT2D eigenvalue weighted by Gasteiger charge is -2.15. The first-order valence-electron chi connectivity index (χ1n) is 5.33. The van der Waals surface area contributed by atoms with E-state index in [4.69, 9.17) is 4.74 Å². The zero-order valence-electron chi connectivity index (χ0n) is 9.81. The highest BCUT2D eigenvalue weighted by atomic mass is 19.1. The van der Waals surface area contributed by atoms with Crippen LogP contribution in [0.15, 0.2) is 12.1 Å². The van der Waals surface area contributed by atoms with Gasteiger partial charge in [-0.05, 0) is 39.9 Å². The summed E-state index contributed by atoms with van der Waals surface area (Å²) in [6.45, 7) is 4.27. The van der Waals surface area contributed by atoms with Crippen molar-refractivity contribution in [3.8, 4) is 5.75 Å². The van der Waals surface area contributed by atoms with Gasteiger partial charge in [-0.1, -0.05) is 0 Å². The summed E-state index contributed by atoms with van der Waals surface area (Å²) in [6, 6.07) is 2.17. The van der Waals surface area contributed by atoms with Crippen LogP contribution in [0.4, 0.5) is 8.78 Å². The highest BCUT2D eigenvalue weighted by Crippen LogP contribution is 2.25. The molecule has 0 aliphatic rings. The molecular weight excluding hydrogens is 212 g/mol. The van der Waals surface area contributed by atoms with Crippen molar-refractivity contribution in [1.82, 2.24) is 5.32 Å². The van der Waals surface area contributed by atoms with E-state index >= 15 is 0 Å². The Bertz CT molecular complexity index is 353. The second-order valence-electron chi connectivity index (χ2n) is 3.90. The van der Waals surface area contributed by atoms with E-state index in [0.29, 0.717) is 18.5 Å². The minimum absolute atomic E-state index is 0.131. The van der Waals surface area contributed by atoms with Crippen molar-refractivity contribution in [3.63, 3.8) is 0 Å².